The number of amides is 3. The molecule has 0 saturated heterocycles. The van der Waals surface area contributed by atoms with E-state index < -0.39 is 6.03 Å². The topological polar surface area (TPSA) is 84.2 Å². The van der Waals surface area contributed by atoms with Crippen LogP contribution in [0.2, 0.25) is 0 Å². The zero-order chi connectivity index (χ0) is 12.1. The summed E-state index contributed by atoms with van der Waals surface area (Å²) in [4.78, 5) is 22.0. The largest absolute Gasteiger partial charge is 0.351 e. The van der Waals surface area contributed by atoms with Crippen molar-refractivity contribution in [1.29, 1.82) is 0 Å². The van der Waals surface area contributed by atoms with Crippen molar-refractivity contribution in [3.05, 3.63) is 0 Å². The van der Waals surface area contributed by atoms with Gasteiger partial charge in [0.25, 0.3) is 0 Å². The van der Waals surface area contributed by atoms with Crippen molar-refractivity contribution in [2.75, 3.05) is 0 Å². The Kier molecular flexibility index (Phi) is 4.73. The maximum Gasteiger partial charge on any atom is 0.318 e. The third-order valence-electron chi connectivity index (χ3n) is 3.22. The van der Waals surface area contributed by atoms with Gasteiger partial charge in [0.1, 0.15) is 0 Å². The van der Waals surface area contributed by atoms with Crippen molar-refractivity contribution >= 4 is 11.9 Å². The van der Waals surface area contributed by atoms with Gasteiger partial charge in [-0.05, 0) is 25.7 Å². The van der Waals surface area contributed by atoms with Crippen molar-refractivity contribution in [2.45, 2.75) is 51.6 Å². The average molecular weight is 227 g/mol. The van der Waals surface area contributed by atoms with Gasteiger partial charge >= 0.3 is 6.03 Å². The van der Waals surface area contributed by atoms with E-state index in [1.54, 1.807) is 6.92 Å². The Morgan fingerprint density at radius 1 is 1.31 bits per heavy atom. The Hall–Kier alpha value is -1.10. The van der Waals surface area contributed by atoms with Crippen LogP contribution in [0.15, 0.2) is 0 Å². The molecule has 0 bridgehead atoms. The summed E-state index contributed by atoms with van der Waals surface area (Å²) in [5.74, 6) is 0.225. The summed E-state index contributed by atoms with van der Waals surface area (Å²) in [6, 6.07) is -0.809. The normalized spacial score (nSPS) is 27.1. The predicted octanol–water partition coefficient (Wildman–Crippen LogP) is 0.738. The van der Waals surface area contributed by atoms with E-state index in [9.17, 15) is 9.59 Å². The molecule has 1 rings (SSSR count). The van der Waals surface area contributed by atoms with Gasteiger partial charge in [-0.3, -0.25) is 10.1 Å². The molecule has 3 atom stereocenters. The third kappa shape index (κ3) is 3.81. The van der Waals surface area contributed by atoms with Crippen LogP contribution in [0.5, 0.6) is 0 Å². The van der Waals surface area contributed by atoms with E-state index in [1.165, 1.54) is 19.3 Å². The molecule has 1 aliphatic rings. The number of carbonyl (C=O) groups excluding carboxylic acids is 2. The lowest BCUT2D eigenvalue weighted by Gasteiger charge is -2.31. The average Bonchev–Trinajstić information content (AvgIpc) is 2.20. The van der Waals surface area contributed by atoms with Crippen LogP contribution in [-0.4, -0.2) is 24.0 Å². The zero-order valence-electron chi connectivity index (χ0n) is 9.95. The SMILES string of the molecule is CC(NC1CCCCC1C)C(=O)NC(N)=O. The Bertz CT molecular complexity index is 268. The molecular formula is C11H21N3O2. The summed E-state index contributed by atoms with van der Waals surface area (Å²) in [6.45, 7) is 3.94. The van der Waals surface area contributed by atoms with Crippen LogP contribution < -0.4 is 16.4 Å². The maximum absolute atomic E-state index is 11.5. The smallest absolute Gasteiger partial charge is 0.318 e. The van der Waals surface area contributed by atoms with Gasteiger partial charge in [0, 0.05) is 6.04 Å². The molecule has 3 unspecified atom stereocenters. The minimum Gasteiger partial charge on any atom is -0.351 e. The molecule has 4 N–H and O–H groups in total. The summed E-state index contributed by atoms with van der Waals surface area (Å²) in [6.07, 6.45) is 4.75. The molecule has 0 aromatic carbocycles. The van der Waals surface area contributed by atoms with Gasteiger partial charge in [0.05, 0.1) is 6.04 Å². The lowest BCUT2D eigenvalue weighted by atomic mass is 9.85. The molecule has 92 valence electrons. The molecule has 0 heterocycles. The Morgan fingerprint density at radius 2 is 1.94 bits per heavy atom. The highest BCUT2D eigenvalue weighted by molar-refractivity contribution is 5.96. The van der Waals surface area contributed by atoms with Crippen LogP contribution in [0.3, 0.4) is 0 Å². The highest BCUT2D eigenvalue weighted by Gasteiger charge is 2.25. The number of rotatable bonds is 3. The monoisotopic (exact) mass is 227 g/mol. The summed E-state index contributed by atoms with van der Waals surface area (Å²) in [5.41, 5.74) is 4.89. The first-order chi connectivity index (χ1) is 7.50. The van der Waals surface area contributed by atoms with Crippen LogP contribution in [-0.2, 0) is 4.79 Å². The van der Waals surface area contributed by atoms with E-state index in [0.29, 0.717) is 12.0 Å². The van der Waals surface area contributed by atoms with Crippen LogP contribution in [0, 0.1) is 5.92 Å². The Morgan fingerprint density at radius 3 is 2.50 bits per heavy atom. The number of nitrogens with one attached hydrogen (secondary N) is 2. The molecule has 0 aromatic rings. The van der Waals surface area contributed by atoms with Gasteiger partial charge in [0.2, 0.25) is 5.91 Å². The van der Waals surface area contributed by atoms with E-state index in [1.807, 2.05) is 0 Å². The Labute approximate surface area is 96.1 Å². The molecule has 1 aliphatic carbocycles. The number of hydrogen-bond acceptors (Lipinski definition) is 3. The molecule has 0 aliphatic heterocycles. The molecular weight excluding hydrogens is 206 g/mol. The van der Waals surface area contributed by atoms with E-state index in [4.69, 9.17) is 5.73 Å². The number of urea groups is 1. The van der Waals surface area contributed by atoms with Crippen LogP contribution in [0.1, 0.15) is 39.5 Å². The summed E-state index contributed by atoms with van der Waals surface area (Å²) in [5, 5.41) is 5.34. The first kappa shape index (κ1) is 13.0. The Balaban J connectivity index is 2.40. The lowest BCUT2D eigenvalue weighted by Crippen LogP contribution is -2.51. The molecule has 3 amide bonds. The summed E-state index contributed by atoms with van der Waals surface area (Å²) in [7, 11) is 0. The van der Waals surface area contributed by atoms with Crippen molar-refractivity contribution in [3.63, 3.8) is 0 Å². The van der Waals surface area contributed by atoms with Crippen molar-refractivity contribution < 1.29 is 9.59 Å². The van der Waals surface area contributed by atoms with Crippen molar-refractivity contribution in [2.24, 2.45) is 11.7 Å². The predicted molar refractivity (Wildman–Crippen MR) is 61.7 cm³/mol. The number of nitrogens with two attached hydrogens (primary N) is 1. The highest BCUT2D eigenvalue weighted by atomic mass is 16.2. The number of primary amides is 1. The molecule has 5 nitrogen and oxygen atoms in total. The maximum atomic E-state index is 11.5. The quantitative estimate of drug-likeness (QED) is 0.664. The second-order valence-corrected chi connectivity index (χ2v) is 4.61. The standard InChI is InChI=1S/C11H21N3O2/c1-7-5-3-4-6-9(7)13-8(2)10(15)14-11(12)16/h7-9,13H,3-6H2,1-2H3,(H3,12,14,15,16). The second kappa shape index (κ2) is 5.84. The van der Waals surface area contributed by atoms with Gasteiger partial charge in [-0.2, -0.15) is 0 Å². The van der Waals surface area contributed by atoms with Crippen LogP contribution >= 0.6 is 0 Å². The van der Waals surface area contributed by atoms with Gasteiger partial charge in [-0.15, -0.1) is 0 Å². The van der Waals surface area contributed by atoms with Gasteiger partial charge in [-0.1, -0.05) is 19.8 Å². The number of imide groups is 1. The zero-order valence-corrected chi connectivity index (χ0v) is 9.95. The number of hydrogen-bond donors (Lipinski definition) is 3. The fourth-order valence-electron chi connectivity index (χ4n) is 2.19. The van der Waals surface area contributed by atoms with Crippen molar-refractivity contribution in [3.8, 4) is 0 Å². The minimum absolute atomic E-state index is 0.356. The fourth-order valence-corrected chi connectivity index (χ4v) is 2.19. The van der Waals surface area contributed by atoms with Gasteiger partial charge < -0.3 is 11.1 Å². The van der Waals surface area contributed by atoms with E-state index in [0.717, 1.165) is 6.42 Å². The van der Waals surface area contributed by atoms with E-state index in [-0.39, 0.29) is 11.9 Å². The molecule has 0 radical (unpaired) electrons. The van der Waals surface area contributed by atoms with Gasteiger partial charge in [-0.25, -0.2) is 4.79 Å². The molecule has 0 spiro atoms. The van der Waals surface area contributed by atoms with Gasteiger partial charge in [0.15, 0.2) is 0 Å². The van der Waals surface area contributed by atoms with E-state index in [2.05, 4.69) is 17.6 Å². The number of carbonyl (C=O) groups is 2. The van der Waals surface area contributed by atoms with Crippen LogP contribution in [0.4, 0.5) is 4.79 Å². The first-order valence-corrected chi connectivity index (χ1v) is 5.87. The second-order valence-electron chi connectivity index (χ2n) is 4.61. The molecule has 1 fully saturated rings. The molecule has 1 saturated carbocycles. The third-order valence-corrected chi connectivity index (χ3v) is 3.22. The van der Waals surface area contributed by atoms with Crippen LogP contribution in [0.25, 0.3) is 0 Å². The summed E-state index contributed by atoms with van der Waals surface area (Å²) < 4.78 is 0. The lowest BCUT2D eigenvalue weighted by molar-refractivity contribution is -0.121. The minimum atomic E-state index is -0.796. The molecule has 5 heteroatoms. The van der Waals surface area contributed by atoms with E-state index >= 15 is 0 Å². The fraction of sp³-hybridized carbons (Fsp3) is 0.818. The van der Waals surface area contributed by atoms with Crippen molar-refractivity contribution in [1.82, 2.24) is 10.6 Å². The first-order valence-electron chi connectivity index (χ1n) is 5.87. The molecule has 16 heavy (non-hydrogen) atoms. The molecule has 0 aromatic heterocycles. The summed E-state index contributed by atoms with van der Waals surface area (Å²) >= 11 is 0. The highest BCUT2D eigenvalue weighted by Crippen LogP contribution is 2.23.